The molecule has 1 aliphatic carbocycles. The highest BCUT2D eigenvalue weighted by Crippen LogP contribution is 2.48. The Balaban J connectivity index is 2.11. The third-order valence-electron chi connectivity index (χ3n) is 3.72. The Kier molecular flexibility index (Phi) is 3.67. The van der Waals surface area contributed by atoms with Gasteiger partial charge in [-0.1, -0.05) is 27.7 Å². The molecule has 2 rings (SSSR count). The molecular formula is C14H22BrN3. The molecule has 0 spiro atoms. The van der Waals surface area contributed by atoms with Gasteiger partial charge in [0.15, 0.2) is 0 Å². The van der Waals surface area contributed by atoms with Gasteiger partial charge >= 0.3 is 0 Å². The first kappa shape index (κ1) is 13.8. The Hall–Kier alpha value is -0.640. The van der Waals surface area contributed by atoms with Crippen LogP contribution >= 0.6 is 15.9 Å². The van der Waals surface area contributed by atoms with E-state index in [2.05, 4.69) is 58.9 Å². The first-order chi connectivity index (χ1) is 8.35. The summed E-state index contributed by atoms with van der Waals surface area (Å²) in [6.07, 6.45) is 3.93. The van der Waals surface area contributed by atoms with Crippen molar-refractivity contribution in [1.29, 1.82) is 0 Å². The fourth-order valence-corrected chi connectivity index (χ4v) is 2.34. The molecule has 0 bridgehead atoms. The standard InChI is InChI=1S/C14H22BrN3/c1-5-14(6-7-14)9-16-11-8-10(15)17-12(18-11)13(2,3)4/h8H,5-7,9H2,1-4H3,(H,16,17,18). The Morgan fingerprint density at radius 2 is 2.00 bits per heavy atom. The average molecular weight is 312 g/mol. The largest absolute Gasteiger partial charge is 0.369 e. The highest BCUT2D eigenvalue weighted by atomic mass is 79.9. The zero-order valence-corrected chi connectivity index (χ0v) is 13.3. The molecule has 1 aliphatic rings. The second-order valence-corrected chi connectivity index (χ2v) is 7.17. The van der Waals surface area contributed by atoms with Crippen molar-refractivity contribution >= 4 is 21.7 Å². The molecule has 0 atom stereocenters. The zero-order chi connectivity index (χ0) is 13.4. The van der Waals surface area contributed by atoms with E-state index in [0.717, 1.165) is 22.8 Å². The van der Waals surface area contributed by atoms with Crippen LogP contribution in [-0.4, -0.2) is 16.5 Å². The maximum atomic E-state index is 4.62. The molecule has 1 aromatic rings. The van der Waals surface area contributed by atoms with Crippen LogP contribution in [0.2, 0.25) is 0 Å². The van der Waals surface area contributed by atoms with Crippen LogP contribution in [0.15, 0.2) is 10.7 Å². The quantitative estimate of drug-likeness (QED) is 0.849. The maximum Gasteiger partial charge on any atom is 0.137 e. The number of nitrogens with one attached hydrogen (secondary N) is 1. The van der Waals surface area contributed by atoms with Crippen LogP contribution < -0.4 is 5.32 Å². The van der Waals surface area contributed by atoms with Crippen molar-refractivity contribution in [2.24, 2.45) is 5.41 Å². The van der Waals surface area contributed by atoms with E-state index in [9.17, 15) is 0 Å². The predicted molar refractivity (Wildman–Crippen MR) is 78.9 cm³/mol. The van der Waals surface area contributed by atoms with Crippen LogP contribution in [0.5, 0.6) is 0 Å². The van der Waals surface area contributed by atoms with Crippen molar-refractivity contribution in [3.05, 3.63) is 16.5 Å². The summed E-state index contributed by atoms with van der Waals surface area (Å²) in [7, 11) is 0. The highest BCUT2D eigenvalue weighted by molar-refractivity contribution is 9.10. The fraction of sp³-hybridized carbons (Fsp3) is 0.714. The molecule has 3 nitrogen and oxygen atoms in total. The van der Waals surface area contributed by atoms with Gasteiger partial charge in [-0.3, -0.25) is 0 Å². The molecule has 100 valence electrons. The van der Waals surface area contributed by atoms with E-state index in [1.165, 1.54) is 19.3 Å². The predicted octanol–water partition coefficient (Wildman–Crippen LogP) is 4.14. The van der Waals surface area contributed by atoms with Crippen molar-refractivity contribution in [2.75, 3.05) is 11.9 Å². The summed E-state index contributed by atoms with van der Waals surface area (Å²) in [6, 6.07) is 1.96. The molecule has 0 aliphatic heterocycles. The third kappa shape index (κ3) is 3.22. The van der Waals surface area contributed by atoms with Crippen LogP contribution in [0, 0.1) is 5.41 Å². The van der Waals surface area contributed by atoms with Gasteiger partial charge in [0, 0.05) is 18.0 Å². The van der Waals surface area contributed by atoms with Gasteiger partial charge < -0.3 is 5.32 Å². The molecule has 1 N–H and O–H groups in total. The summed E-state index contributed by atoms with van der Waals surface area (Å²) >= 11 is 3.47. The minimum atomic E-state index is -0.0256. The van der Waals surface area contributed by atoms with Crippen molar-refractivity contribution in [3.8, 4) is 0 Å². The van der Waals surface area contributed by atoms with Gasteiger partial charge in [0.2, 0.25) is 0 Å². The van der Waals surface area contributed by atoms with E-state index in [-0.39, 0.29) is 5.41 Å². The summed E-state index contributed by atoms with van der Waals surface area (Å²) < 4.78 is 0.853. The number of nitrogens with zero attached hydrogens (tertiary/aromatic N) is 2. The topological polar surface area (TPSA) is 37.8 Å². The summed E-state index contributed by atoms with van der Waals surface area (Å²) in [5, 5.41) is 3.47. The van der Waals surface area contributed by atoms with Crippen LogP contribution in [0.1, 0.15) is 52.8 Å². The average Bonchev–Trinajstić information content (AvgIpc) is 3.05. The second-order valence-electron chi connectivity index (χ2n) is 6.36. The number of anilines is 1. The number of aromatic nitrogens is 2. The van der Waals surface area contributed by atoms with E-state index < -0.39 is 0 Å². The summed E-state index contributed by atoms with van der Waals surface area (Å²) in [6.45, 7) is 9.69. The van der Waals surface area contributed by atoms with E-state index in [1.807, 2.05) is 6.07 Å². The lowest BCUT2D eigenvalue weighted by molar-refractivity contribution is 0.517. The Morgan fingerprint density at radius 3 is 2.50 bits per heavy atom. The number of hydrogen-bond donors (Lipinski definition) is 1. The van der Waals surface area contributed by atoms with Crippen molar-refractivity contribution in [3.63, 3.8) is 0 Å². The van der Waals surface area contributed by atoms with E-state index >= 15 is 0 Å². The Bertz CT molecular complexity index is 433. The molecule has 0 radical (unpaired) electrons. The van der Waals surface area contributed by atoms with Crippen molar-refractivity contribution < 1.29 is 0 Å². The summed E-state index contributed by atoms with van der Waals surface area (Å²) in [5.41, 5.74) is 0.502. The van der Waals surface area contributed by atoms with E-state index in [1.54, 1.807) is 0 Å². The molecule has 4 heteroatoms. The molecule has 1 aromatic heterocycles. The highest BCUT2D eigenvalue weighted by Gasteiger charge is 2.40. The summed E-state index contributed by atoms with van der Waals surface area (Å²) in [5.74, 6) is 1.81. The molecule has 0 saturated heterocycles. The minimum absolute atomic E-state index is 0.0256. The van der Waals surface area contributed by atoms with E-state index in [0.29, 0.717) is 5.41 Å². The molecule has 0 aromatic carbocycles. The SMILES string of the molecule is CCC1(CNc2cc(Br)nc(C(C)(C)C)n2)CC1. The van der Waals surface area contributed by atoms with E-state index in [4.69, 9.17) is 0 Å². The van der Waals surface area contributed by atoms with Crippen molar-refractivity contribution in [1.82, 2.24) is 9.97 Å². The number of halogens is 1. The molecule has 1 saturated carbocycles. The van der Waals surface area contributed by atoms with Gasteiger partial charge in [0.1, 0.15) is 16.2 Å². The van der Waals surface area contributed by atoms with Crippen LogP contribution in [-0.2, 0) is 5.41 Å². The number of hydrogen-bond acceptors (Lipinski definition) is 3. The van der Waals surface area contributed by atoms with Gasteiger partial charge in [-0.15, -0.1) is 0 Å². The lowest BCUT2D eigenvalue weighted by Crippen LogP contribution is -2.19. The maximum absolute atomic E-state index is 4.62. The Labute approximate surface area is 118 Å². The lowest BCUT2D eigenvalue weighted by atomic mass is 9.96. The van der Waals surface area contributed by atoms with Gasteiger partial charge in [-0.25, -0.2) is 9.97 Å². The van der Waals surface area contributed by atoms with Crippen molar-refractivity contribution in [2.45, 2.75) is 52.4 Å². The number of rotatable bonds is 4. The lowest BCUT2D eigenvalue weighted by Gasteiger charge is -2.19. The smallest absolute Gasteiger partial charge is 0.137 e. The van der Waals surface area contributed by atoms with Crippen LogP contribution in [0.3, 0.4) is 0 Å². The Morgan fingerprint density at radius 1 is 1.33 bits per heavy atom. The van der Waals surface area contributed by atoms with Crippen LogP contribution in [0.25, 0.3) is 0 Å². The third-order valence-corrected chi connectivity index (χ3v) is 4.12. The molecule has 0 amide bonds. The first-order valence-electron chi connectivity index (χ1n) is 6.64. The molecule has 18 heavy (non-hydrogen) atoms. The zero-order valence-electron chi connectivity index (χ0n) is 11.7. The normalized spacial score (nSPS) is 17.6. The summed E-state index contributed by atoms with van der Waals surface area (Å²) in [4.78, 5) is 9.07. The van der Waals surface area contributed by atoms with Gasteiger partial charge in [0.05, 0.1) is 0 Å². The molecule has 0 unspecified atom stereocenters. The van der Waals surface area contributed by atoms with Crippen LogP contribution in [0.4, 0.5) is 5.82 Å². The fourth-order valence-electron chi connectivity index (χ4n) is 1.95. The molecule has 1 fully saturated rings. The van der Waals surface area contributed by atoms with Gasteiger partial charge in [-0.05, 0) is 40.6 Å². The second kappa shape index (κ2) is 4.80. The first-order valence-corrected chi connectivity index (χ1v) is 7.43. The minimum Gasteiger partial charge on any atom is -0.369 e. The molecule has 1 heterocycles. The van der Waals surface area contributed by atoms with Gasteiger partial charge in [0.25, 0.3) is 0 Å². The molecular weight excluding hydrogens is 290 g/mol. The van der Waals surface area contributed by atoms with Gasteiger partial charge in [-0.2, -0.15) is 0 Å². The monoisotopic (exact) mass is 311 g/mol.